The van der Waals surface area contributed by atoms with Crippen molar-refractivity contribution in [2.24, 2.45) is 4.99 Å². The Bertz CT molecular complexity index is 631. The Kier molecular flexibility index (Phi) is 5.92. The Morgan fingerprint density at radius 3 is 2.78 bits per heavy atom. The van der Waals surface area contributed by atoms with Gasteiger partial charge in [0, 0.05) is 19.5 Å². The molecule has 1 fully saturated rings. The highest BCUT2D eigenvalue weighted by Crippen LogP contribution is 2.31. The number of aliphatic imine (C=N–C) groups is 1. The molecule has 1 aliphatic heterocycles. The summed E-state index contributed by atoms with van der Waals surface area (Å²) in [6, 6.07) is 5.70. The molecule has 2 amide bonds. The van der Waals surface area contributed by atoms with Crippen LogP contribution in [0.5, 0.6) is 0 Å². The number of carbonyl (C=O) groups excluding carboxylic acids is 2. The predicted molar refractivity (Wildman–Crippen MR) is 90.1 cm³/mol. The quantitative estimate of drug-likeness (QED) is 0.813. The van der Waals surface area contributed by atoms with Gasteiger partial charge in [0.2, 0.25) is 11.8 Å². The van der Waals surface area contributed by atoms with Crippen molar-refractivity contribution in [1.82, 2.24) is 10.2 Å². The van der Waals surface area contributed by atoms with Gasteiger partial charge in [-0.3, -0.25) is 14.5 Å². The number of carbonyl (C=O) groups is 2. The monoisotopic (exact) mass is 335 g/mol. The first-order valence-corrected chi connectivity index (χ1v) is 8.13. The molecule has 0 radical (unpaired) electrons. The summed E-state index contributed by atoms with van der Waals surface area (Å²) in [6.45, 7) is 6.31. The molecule has 1 N–H and O–H groups in total. The number of thioether (sulfide) groups is 1. The first-order chi connectivity index (χ1) is 11.0. The van der Waals surface area contributed by atoms with E-state index >= 15 is 0 Å². The summed E-state index contributed by atoms with van der Waals surface area (Å²) in [5.41, 5.74) is 0.550. The second-order valence-electron chi connectivity index (χ2n) is 4.87. The van der Waals surface area contributed by atoms with E-state index in [0.29, 0.717) is 23.9 Å². The zero-order valence-electron chi connectivity index (χ0n) is 12.8. The maximum atomic E-state index is 13.0. The lowest BCUT2D eigenvalue weighted by Crippen LogP contribution is -2.34. The third-order valence-electron chi connectivity index (χ3n) is 3.13. The van der Waals surface area contributed by atoms with E-state index in [2.05, 4.69) is 16.9 Å². The minimum absolute atomic E-state index is 0.105. The molecule has 23 heavy (non-hydrogen) atoms. The van der Waals surface area contributed by atoms with Crippen LogP contribution in [0.25, 0.3) is 0 Å². The molecule has 0 bridgehead atoms. The van der Waals surface area contributed by atoms with Crippen LogP contribution in [0.1, 0.15) is 13.3 Å². The van der Waals surface area contributed by atoms with Gasteiger partial charge in [-0.25, -0.2) is 9.38 Å². The fraction of sp³-hybridized carbons (Fsp3) is 0.312. The number of rotatable bonds is 6. The molecule has 1 aliphatic rings. The molecule has 1 atom stereocenters. The Morgan fingerprint density at radius 1 is 1.48 bits per heavy atom. The number of halogens is 1. The smallest absolute Gasteiger partial charge is 0.242 e. The molecule has 5 nitrogen and oxygen atoms in total. The van der Waals surface area contributed by atoms with E-state index in [-0.39, 0.29) is 24.1 Å². The summed E-state index contributed by atoms with van der Waals surface area (Å²) >= 11 is 1.24. The number of nitrogens with one attached hydrogen (secondary N) is 1. The van der Waals surface area contributed by atoms with E-state index in [1.807, 2.05) is 6.92 Å². The van der Waals surface area contributed by atoms with Gasteiger partial charge >= 0.3 is 0 Å². The molecular formula is C16H18FN3O2S. The van der Waals surface area contributed by atoms with Gasteiger partial charge in [0.1, 0.15) is 11.1 Å². The van der Waals surface area contributed by atoms with Crippen LogP contribution in [0, 0.1) is 5.82 Å². The van der Waals surface area contributed by atoms with Crippen molar-refractivity contribution in [2.75, 3.05) is 13.1 Å². The molecular weight excluding hydrogens is 317 g/mol. The standard InChI is InChI=1S/C16H18FN3O2S/c1-3-9-20-15(22)13(10-14(21)18-4-2)23-16(20)19-12-7-5-11(17)6-8-12/h3,5-8,13H,1,4,9-10H2,2H3,(H,18,21). The van der Waals surface area contributed by atoms with E-state index in [9.17, 15) is 14.0 Å². The summed E-state index contributed by atoms with van der Waals surface area (Å²) in [7, 11) is 0. The molecule has 0 aromatic heterocycles. The highest BCUT2D eigenvalue weighted by molar-refractivity contribution is 8.15. The first-order valence-electron chi connectivity index (χ1n) is 7.25. The SMILES string of the molecule is C=CCN1C(=O)C(CC(=O)NCC)SC1=Nc1ccc(F)cc1. The van der Waals surface area contributed by atoms with E-state index in [4.69, 9.17) is 0 Å². The minimum atomic E-state index is -0.499. The van der Waals surface area contributed by atoms with E-state index in [0.717, 1.165) is 0 Å². The van der Waals surface area contributed by atoms with Crippen LogP contribution in [0.3, 0.4) is 0 Å². The molecule has 0 spiro atoms. The van der Waals surface area contributed by atoms with Gasteiger partial charge in [-0.2, -0.15) is 0 Å². The molecule has 1 aromatic rings. The van der Waals surface area contributed by atoms with Gasteiger partial charge in [-0.05, 0) is 31.2 Å². The van der Waals surface area contributed by atoms with Crippen LogP contribution in [0.15, 0.2) is 41.9 Å². The van der Waals surface area contributed by atoms with Gasteiger partial charge in [0.15, 0.2) is 5.17 Å². The molecule has 122 valence electrons. The van der Waals surface area contributed by atoms with Gasteiger partial charge in [-0.15, -0.1) is 6.58 Å². The van der Waals surface area contributed by atoms with Crippen molar-refractivity contribution in [3.8, 4) is 0 Å². The van der Waals surface area contributed by atoms with Crippen molar-refractivity contribution < 1.29 is 14.0 Å². The van der Waals surface area contributed by atoms with Gasteiger partial charge < -0.3 is 5.32 Å². The van der Waals surface area contributed by atoms with Crippen LogP contribution < -0.4 is 5.32 Å². The van der Waals surface area contributed by atoms with E-state index in [1.165, 1.54) is 40.9 Å². The zero-order chi connectivity index (χ0) is 16.8. The number of nitrogens with zero attached hydrogens (tertiary/aromatic N) is 2. The van der Waals surface area contributed by atoms with Crippen LogP contribution in [-0.2, 0) is 9.59 Å². The maximum absolute atomic E-state index is 13.0. The molecule has 0 saturated carbocycles. The summed E-state index contributed by atoms with van der Waals surface area (Å²) < 4.78 is 13.0. The Hall–Kier alpha value is -2.15. The molecule has 0 aliphatic carbocycles. The fourth-order valence-corrected chi connectivity index (χ4v) is 3.25. The molecule has 1 unspecified atom stereocenters. The largest absolute Gasteiger partial charge is 0.356 e. The number of hydrogen-bond donors (Lipinski definition) is 1. The first kappa shape index (κ1) is 17.2. The topological polar surface area (TPSA) is 61.8 Å². The summed E-state index contributed by atoms with van der Waals surface area (Å²) in [5, 5.41) is 2.68. The van der Waals surface area contributed by atoms with Crippen LogP contribution in [0.2, 0.25) is 0 Å². The molecule has 1 aromatic carbocycles. The zero-order valence-corrected chi connectivity index (χ0v) is 13.6. The average molecular weight is 335 g/mol. The summed E-state index contributed by atoms with van der Waals surface area (Å²) in [4.78, 5) is 30.0. The highest BCUT2D eigenvalue weighted by atomic mass is 32.2. The predicted octanol–water partition coefficient (Wildman–Crippen LogP) is 2.47. The van der Waals surface area contributed by atoms with E-state index in [1.54, 1.807) is 6.08 Å². The average Bonchev–Trinajstić information content (AvgIpc) is 2.79. The minimum Gasteiger partial charge on any atom is -0.356 e. The number of benzene rings is 1. The maximum Gasteiger partial charge on any atom is 0.242 e. The summed E-state index contributed by atoms with van der Waals surface area (Å²) in [6.07, 6.45) is 1.71. The van der Waals surface area contributed by atoms with Gasteiger partial charge in [0.25, 0.3) is 0 Å². The third-order valence-corrected chi connectivity index (χ3v) is 4.30. The van der Waals surface area contributed by atoms with Gasteiger partial charge in [-0.1, -0.05) is 17.8 Å². The highest BCUT2D eigenvalue weighted by Gasteiger charge is 2.38. The van der Waals surface area contributed by atoms with E-state index < -0.39 is 5.25 Å². The molecule has 7 heteroatoms. The van der Waals surface area contributed by atoms with Crippen molar-refractivity contribution >= 4 is 34.4 Å². The van der Waals surface area contributed by atoms with Crippen LogP contribution in [0.4, 0.5) is 10.1 Å². The van der Waals surface area contributed by atoms with Crippen molar-refractivity contribution in [3.05, 3.63) is 42.7 Å². The Balaban J connectivity index is 2.20. The number of amides is 2. The lowest BCUT2D eigenvalue weighted by molar-refractivity contribution is -0.129. The van der Waals surface area contributed by atoms with Crippen molar-refractivity contribution in [2.45, 2.75) is 18.6 Å². The fourth-order valence-electron chi connectivity index (χ4n) is 2.09. The lowest BCUT2D eigenvalue weighted by atomic mass is 10.2. The Labute approximate surface area is 138 Å². The van der Waals surface area contributed by atoms with Crippen molar-refractivity contribution in [1.29, 1.82) is 0 Å². The second kappa shape index (κ2) is 7.92. The molecule has 1 heterocycles. The van der Waals surface area contributed by atoms with Crippen LogP contribution >= 0.6 is 11.8 Å². The third kappa shape index (κ3) is 4.41. The molecule has 1 saturated heterocycles. The molecule has 2 rings (SSSR count). The van der Waals surface area contributed by atoms with Crippen molar-refractivity contribution in [3.63, 3.8) is 0 Å². The van der Waals surface area contributed by atoms with Crippen LogP contribution in [-0.4, -0.2) is 40.2 Å². The second-order valence-corrected chi connectivity index (χ2v) is 6.04. The summed E-state index contributed by atoms with van der Waals surface area (Å²) in [5.74, 6) is -0.678. The lowest BCUT2D eigenvalue weighted by Gasteiger charge is -2.13. The van der Waals surface area contributed by atoms with Gasteiger partial charge in [0.05, 0.1) is 5.69 Å². The number of hydrogen-bond acceptors (Lipinski definition) is 4. The normalized spacial score (nSPS) is 19.2. The number of amidine groups is 1. The Morgan fingerprint density at radius 2 is 2.17 bits per heavy atom.